The molecule has 0 amide bonds. The van der Waals surface area contributed by atoms with Gasteiger partial charge in [0.15, 0.2) is 0 Å². The van der Waals surface area contributed by atoms with Crippen molar-refractivity contribution >= 4 is 5.97 Å². The zero-order chi connectivity index (χ0) is 12.4. The van der Waals surface area contributed by atoms with Crippen molar-refractivity contribution in [1.29, 1.82) is 0 Å². The highest BCUT2D eigenvalue weighted by Crippen LogP contribution is 2.11. The summed E-state index contributed by atoms with van der Waals surface area (Å²) in [5.74, 6) is -2.43. The van der Waals surface area contributed by atoms with Crippen LogP contribution in [0.5, 0.6) is 0 Å². The summed E-state index contributed by atoms with van der Waals surface area (Å²) in [6.07, 6.45) is 1.55. The van der Waals surface area contributed by atoms with Gasteiger partial charge >= 0.3 is 5.97 Å². The lowest BCUT2D eigenvalue weighted by molar-refractivity contribution is 0.0685. The molecule has 3 nitrogen and oxygen atoms in total. The maximum Gasteiger partial charge on any atom is 0.352 e. The SMILES string of the molecule is O=C(O)c1cccn1Cc1cc(F)cc(F)c1. The van der Waals surface area contributed by atoms with Gasteiger partial charge in [-0.15, -0.1) is 0 Å². The van der Waals surface area contributed by atoms with Crippen LogP contribution in [0.3, 0.4) is 0 Å². The van der Waals surface area contributed by atoms with E-state index in [2.05, 4.69) is 0 Å². The van der Waals surface area contributed by atoms with Crippen molar-refractivity contribution in [2.75, 3.05) is 0 Å². The highest BCUT2D eigenvalue weighted by Gasteiger charge is 2.09. The molecule has 0 aliphatic carbocycles. The summed E-state index contributed by atoms with van der Waals surface area (Å²) in [7, 11) is 0. The van der Waals surface area contributed by atoms with Crippen molar-refractivity contribution in [2.24, 2.45) is 0 Å². The van der Waals surface area contributed by atoms with Gasteiger partial charge in [-0.05, 0) is 29.8 Å². The van der Waals surface area contributed by atoms with E-state index in [1.165, 1.54) is 22.8 Å². The Morgan fingerprint density at radius 1 is 1.24 bits per heavy atom. The van der Waals surface area contributed by atoms with Gasteiger partial charge in [0.2, 0.25) is 0 Å². The summed E-state index contributed by atoms with van der Waals surface area (Å²) in [6.45, 7) is 0.114. The van der Waals surface area contributed by atoms with Crippen LogP contribution in [0.2, 0.25) is 0 Å². The van der Waals surface area contributed by atoms with E-state index in [4.69, 9.17) is 5.11 Å². The molecule has 17 heavy (non-hydrogen) atoms. The molecular formula is C12H9F2NO2. The highest BCUT2D eigenvalue weighted by atomic mass is 19.1. The van der Waals surface area contributed by atoms with E-state index in [0.717, 1.165) is 6.07 Å². The normalized spacial score (nSPS) is 10.5. The first kappa shape index (κ1) is 11.3. The van der Waals surface area contributed by atoms with Gasteiger partial charge in [0, 0.05) is 18.8 Å². The third kappa shape index (κ3) is 2.50. The summed E-state index contributed by atoms with van der Waals surface area (Å²) in [5.41, 5.74) is 0.455. The predicted octanol–water partition coefficient (Wildman–Crippen LogP) is 2.51. The molecule has 1 heterocycles. The average Bonchev–Trinajstić information content (AvgIpc) is 2.63. The van der Waals surface area contributed by atoms with Crippen molar-refractivity contribution in [3.63, 3.8) is 0 Å². The van der Waals surface area contributed by atoms with Crippen LogP contribution in [-0.4, -0.2) is 15.6 Å². The lowest BCUT2D eigenvalue weighted by Gasteiger charge is -2.06. The molecule has 0 saturated heterocycles. The van der Waals surface area contributed by atoms with E-state index in [0.29, 0.717) is 5.56 Å². The molecular weight excluding hydrogens is 228 g/mol. The van der Waals surface area contributed by atoms with Crippen LogP contribution >= 0.6 is 0 Å². The zero-order valence-electron chi connectivity index (χ0n) is 8.73. The van der Waals surface area contributed by atoms with Crippen LogP contribution in [0.25, 0.3) is 0 Å². The van der Waals surface area contributed by atoms with Gasteiger partial charge in [0.25, 0.3) is 0 Å². The Hall–Kier alpha value is -2.17. The molecule has 0 radical (unpaired) electrons. The maximum absolute atomic E-state index is 13.0. The van der Waals surface area contributed by atoms with Gasteiger partial charge in [-0.3, -0.25) is 0 Å². The molecule has 0 spiro atoms. The number of carboxylic acid groups (broad SMARTS) is 1. The third-order valence-electron chi connectivity index (χ3n) is 2.32. The fourth-order valence-electron chi connectivity index (χ4n) is 1.65. The number of nitrogens with zero attached hydrogens (tertiary/aromatic N) is 1. The smallest absolute Gasteiger partial charge is 0.352 e. The van der Waals surface area contributed by atoms with Gasteiger partial charge in [0.05, 0.1) is 0 Å². The molecule has 0 fully saturated rings. The lowest BCUT2D eigenvalue weighted by atomic mass is 10.2. The van der Waals surface area contributed by atoms with E-state index < -0.39 is 17.6 Å². The lowest BCUT2D eigenvalue weighted by Crippen LogP contribution is -2.08. The van der Waals surface area contributed by atoms with Crippen molar-refractivity contribution < 1.29 is 18.7 Å². The fraction of sp³-hybridized carbons (Fsp3) is 0.0833. The number of halogens is 2. The molecule has 0 aliphatic heterocycles. The van der Waals surface area contributed by atoms with Gasteiger partial charge in [0.1, 0.15) is 17.3 Å². The Balaban J connectivity index is 2.31. The summed E-state index contributed by atoms with van der Waals surface area (Å²) >= 11 is 0. The minimum absolute atomic E-state index is 0.0784. The molecule has 0 aliphatic rings. The Morgan fingerprint density at radius 3 is 2.47 bits per heavy atom. The van der Waals surface area contributed by atoms with Gasteiger partial charge in [-0.2, -0.15) is 0 Å². The van der Waals surface area contributed by atoms with Crippen molar-refractivity contribution in [3.05, 3.63) is 59.4 Å². The van der Waals surface area contributed by atoms with E-state index in [1.807, 2.05) is 0 Å². The molecule has 0 atom stereocenters. The van der Waals surface area contributed by atoms with E-state index in [1.54, 1.807) is 12.3 Å². The van der Waals surface area contributed by atoms with Crippen LogP contribution in [-0.2, 0) is 6.54 Å². The molecule has 1 aromatic carbocycles. The summed E-state index contributed by atoms with van der Waals surface area (Å²) in [6, 6.07) is 6.12. The fourth-order valence-corrected chi connectivity index (χ4v) is 1.65. The summed E-state index contributed by atoms with van der Waals surface area (Å²) in [5, 5.41) is 8.87. The number of aromatic carboxylic acids is 1. The highest BCUT2D eigenvalue weighted by molar-refractivity contribution is 5.85. The number of hydrogen-bond donors (Lipinski definition) is 1. The summed E-state index contributed by atoms with van der Waals surface area (Å²) < 4.78 is 27.3. The van der Waals surface area contributed by atoms with Gasteiger partial charge in [-0.25, -0.2) is 13.6 Å². The zero-order valence-corrected chi connectivity index (χ0v) is 8.73. The Bertz CT molecular complexity index is 543. The van der Waals surface area contributed by atoms with Crippen LogP contribution in [0.1, 0.15) is 16.1 Å². The molecule has 5 heteroatoms. The molecule has 1 aromatic heterocycles. The first-order valence-corrected chi connectivity index (χ1v) is 4.89. The quantitative estimate of drug-likeness (QED) is 0.891. The molecule has 0 unspecified atom stereocenters. The second-order valence-electron chi connectivity index (χ2n) is 3.60. The van der Waals surface area contributed by atoms with Crippen molar-refractivity contribution in [1.82, 2.24) is 4.57 Å². The van der Waals surface area contributed by atoms with Crippen molar-refractivity contribution in [3.8, 4) is 0 Å². The Morgan fingerprint density at radius 2 is 1.88 bits per heavy atom. The van der Waals surface area contributed by atoms with Gasteiger partial charge < -0.3 is 9.67 Å². The monoisotopic (exact) mass is 237 g/mol. The van der Waals surface area contributed by atoms with Crippen LogP contribution in [0.15, 0.2) is 36.5 Å². The molecule has 2 aromatic rings. The van der Waals surface area contributed by atoms with Crippen LogP contribution in [0, 0.1) is 11.6 Å². The van der Waals surface area contributed by atoms with Crippen LogP contribution < -0.4 is 0 Å². The molecule has 0 bridgehead atoms. The number of hydrogen-bond acceptors (Lipinski definition) is 1. The standard InChI is InChI=1S/C12H9F2NO2/c13-9-4-8(5-10(14)6-9)7-15-3-1-2-11(15)12(16)17/h1-6H,7H2,(H,16,17). The minimum atomic E-state index is -1.08. The van der Waals surface area contributed by atoms with E-state index >= 15 is 0 Å². The molecule has 0 saturated carbocycles. The Labute approximate surface area is 95.9 Å². The average molecular weight is 237 g/mol. The first-order chi connectivity index (χ1) is 8.06. The molecule has 2 rings (SSSR count). The number of carboxylic acids is 1. The Kier molecular flexibility index (Phi) is 2.91. The minimum Gasteiger partial charge on any atom is -0.477 e. The largest absolute Gasteiger partial charge is 0.477 e. The predicted molar refractivity (Wildman–Crippen MR) is 56.9 cm³/mol. The van der Waals surface area contributed by atoms with Crippen LogP contribution in [0.4, 0.5) is 8.78 Å². The van der Waals surface area contributed by atoms with Crippen molar-refractivity contribution in [2.45, 2.75) is 6.54 Å². The second-order valence-corrected chi connectivity index (χ2v) is 3.60. The maximum atomic E-state index is 13.0. The van der Waals surface area contributed by atoms with Gasteiger partial charge in [-0.1, -0.05) is 0 Å². The number of rotatable bonds is 3. The summed E-state index contributed by atoms with van der Waals surface area (Å²) in [4.78, 5) is 10.8. The third-order valence-corrected chi connectivity index (χ3v) is 2.32. The number of benzene rings is 1. The first-order valence-electron chi connectivity index (χ1n) is 4.89. The number of aromatic nitrogens is 1. The topological polar surface area (TPSA) is 42.2 Å². The van der Waals surface area contributed by atoms with E-state index in [9.17, 15) is 13.6 Å². The molecule has 1 N–H and O–H groups in total. The molecule has 88 valence electrons. The van der Waals surface area contributed by atoms with E-state index in [-0.39, 0.29) is 12.2 Å². The number of carbonyl (C=O) groups is 1. The second kappa shape index (κ2) is 4.37.